The van der Waals surface area contributed by atoms with Crippen molar-refractivity contribution in [2.45, 2.75) is 6.42 Å². The fraction of sp³-hybridized carbons (Fsp3) is 0.350. The SMILES string of the molecule is O=C(CCNc1ccc2c(c1)OCO2)N1CCN(c2ccccc2F)CC1. The molecule has 2 aliphatic rings. The van der Waals surface area contributed by atoms with E-state index in [0.29, 0.717) is 44.8 Å². The lowest BCUT2D eigenvalue weighted by molar-refractivity contribution is -0.131. The molecule has 0 atom stereocenters. The van der Waals surface area contributed by atoms with Gasteiger partial charge in [-0.15, -0.1) is 0 Å². The van der Waals surface area contributed by atoms with Crippen LogP contribution in [-0.4, -0.2) is 50.3 Å². The molecular weight excluding hydrogens is 349 g/mol. The Bertz CT molecular complexity index is 822. The van der Waals surface area contributed by atoms with Crippen LogP contribution in [0.25, 0.3) is 0 Å². The van der Waals surface area contributed by atoms with Crippen molar-refractivity contribution in [3.8, 4) is 11.5 Å². The highest BCUT2D eigenvalue weighted by atomic mass is 19.1. The summed E-state index contributed by atoms with van der Waals surface area (Å²) < 4.78 is 24.5. The molecule has 1 saturated heterocycles. The maximum Gasteiger partial charge on any atom is 0.231 e. The van der Waals surface area contributed by atoms with E-state index in [-0.39, 0.29) is 18.5 Å². The Morgan fingerprint density at radius 2 is 1.81 bits per heavy atom. The van der Waals surface area contributed by atoms with Gasteiger partial charge in [0.2, 0.25) is 12.7 Å². The molecule has 0 bridgehead atoms. The predicted molar refractivity (Wildman–Crippen MR) is 101 cm³/mol. The minimum Gasteiger partial charge on any atom is -0.454 e. The first-order valence-corrected chi connectivity index (χ1v) is 9.11. The van der Waals surface area contributed by atoms with E-state index in [1.807, 2.05) is 34.1 Å². The van der Waals surface area contributed by atoms with E-state index in [0.717, 1.165) is 17.2 Å². The predicted octanol–water partition coefficient (Wildman–Crippen LogP) is 2.71. The lowest BCUT2D eigenvalue weighted by atomic mass is 10.2. The summed E-state index contributed by atoms with van der Waals surface area (Å²) in [6.07, 6.45) is 0.411. The molecule has 2 heterocycles. The molecule has 4 rings (SSSR count). The van der Waals surface area contributed by atoms with Crippen LogP contribution in [0.1, 0.15) is 6.42 Å². The Hall–Kier alpha value is -2.96. The third kappa shape index (κ3) is 3.92. The van der Waals surface area contributed by atoms with Gasteiger partial charge in [-0.25, -0.2) is 4.39 Å². The number of benzene rings is 2. The van der Waals surface area contributed by atoms with Gasteiger partial charge >= 0.3 is 0 Å². The molecule has 0 aromatic heterocycles. The van der Waals surface area contributed by atoms with Crippen LogP contribution >= 0.6 is 0 Å². The van der Waals surface area contributed by atoms with Crippen LogP contribution in [0.3, 0.4) is 0 Å². The summed E-state index contributed by atoms with van der Waals surface area (Å²) in [5.74, 6) is 1.35. The molecule has 142 valence electrons. The number of amides is 1. The van der Waals surface area contributed by atoms with Crippen molar-refractivity contribution in [1.82, 2.24) is 4.90 Å². The van der Waals surface area contributed by atoms with Gasteiger partial charge in [-0.05, 0) is 24.3 Å². The molecule has 0 spiro atoms. The van der Waals surface area contributed by atoms with E-state index in [4.69, 9.17) is 9.47 Å². The van der Waals surface area contributed by atoms with Gasteiger partial charge in [0.15, 0.2) is 11.5 Å². The van der Waals surface area contributed by atoms with Gasteiger partial charge in [0.1, 0.15) is 5.82 Å². The fourth-order valence-corrected chi connectivity index (χ4v) is 3.38. The van der Waals surface area contributed by atoms with Gasteiger partial charge in [0.05, 0.1) is 5.69 Å². The molecule has 0 saturated carbocycles. The zero-order valence-electron chi connectivity index (χ0n) is 15.0. The number of anilines is 2. The second-order valence-corrected chi connectivity index (χ2v) is 6.56. The normalized spacial score (nSPS) is 15.7. The molecule has 0 radical (unpaired) electrons. The molecule has 1 N–H and O–H groups in total. The molecule has 0 unspecified atom stereocenters. The van der Waals surface area contributed by atoms with E-state index < -0.39 is 0 Å². The first kappa shape index (κ1) is 17.5. The second kappa shape index (κ2) is 7.73. The first-order valence-electron chi connectivity index (χ1n) is 9.11. The van der Waals surface area contributed by atoms with E-state index in [2.05, 4.69) is 5.32 Å². The standard InChI is InChI=1S/C20H22FN3O3/c21-16-3-1-2-4-17(16)23-9-11-24(12-10-23)20(25)7-8-22-15-5-6-18-19(13-15)27-14-26-18/h1-6,13,22H,7-12,14H2. The van der Waals surface area contributed by atoms with Crippen molar-refractivity contribution < 1.29 is 18.7 Å². The van der Waals surface area contributed by atoms with E-state index in [9.17, 15) is 9.18 Å². The highest BCUT2D eigenvalue weighted by Gasteiger charge is 2.22. The summed E-state index contributed by atoms with van der Waals surface area (Å²) >= 11 is 0. The Balaban J connectivity index is 1.23. The average molecular weight is 371 g/mol. The smallest absolute Gasteiger partial charge is 0.231 e. The third-order valence-corrected chi connectivity index (χ3v) is 4.87. The maximum absolute atomic E-state index is 13.9. The van der Waals surface area contributed by atoms with Crippen molar-refractivity contribution in [1.29, 1.82) is 0 Å². The lowest BCUT2D eigenvalue weighted by Crippen LogP contribution is -2.49. The topological polar surface area (TPSA) is 54.0 Å². The Morgan fingerprint density at radius 1 is 1.04 bits per heavy atom. The van der Waals surface area contributed by atoms with Gasteiger partial charge < -0.3 is 24.6 Å². The van der Waals surface area contributed by atoms with Gasteiger partial charge in [-0.3, -0.25) is 4.79 Å². The average Bonchev–Trinajstić information content (AvgIpc) is 3.16. The molecule has 6 nitrogen and oxygen atoms in total. The summed E-state index contributed by atoms with van der Waals surface area (Å²) in [7, 11) is 0. The third-order valence-electron chi connectivity index (χ3n) is 4.87. The molecule has 2 aliphatic heterocycles. The monoisotopic (exact) mass is 371 g/mol. The quantitative estimate of drug-likeness (QED) is 0.876. The summed E-state index contributed by atoms with van der Waals surface area (Å²) in [6.45, 7) is 3.29. The highest BCUT2D eigenvalue weighted by molar-refractivity contribution is 5.77. The number of ether oxygens (including phenoxy) is 2. The fourth-order valence-electron chi connectivity index (χ4n) is 3.38. The van der Waals surface area contributed by atoms with Gasteiger partial charge in [-0.2, -0.15) is 0 Å². The summed E-state index contributed by atoms with van der Waals surface area (Å²) in [5.41, 5.74) is 1.51. The number of hydrogen-bond donors (Lipinski definition) is 1. The molecule has 27 heavy (non-hydrogen) atoms. The van der Waals surface area contributed by atoms with Crippen LogP contribution in [0.4, 0.5) is 15.8 Å². The minimum atomic E-state index is -0.217. The zero-order valence-corrected chi connectivity index (χ0v) is 15.0. The van der Waals surface area contributed by atoms with E-state index >= 15 is 0 Å². The van der Waals surface area contributed by atoms with Crippen molar-refractivity contribution in [3.05, 3.63) is 48.3 Å². The largest absolute Gasteiger partial charge is 0.454 e. The molecule has 1 fully saturated rings. The Kier molecular flexibility index (Phi) is 5.00. The molecule has 7 heteroatoms. The van der Waals surface area contributed by atoms with Gasteiger partial charge in [0.25, 0.3) is 0 Å². The number of rotatable bonds is 5. The summed E-state index contributed by atoms with van der Waals surface area (Å²) in [5, 5.41) is 3.24. The Morgan fingerprint density at radius 3 is 2.63 bits per heavy atom. The lowest BCUT2D eigenvalue weighted by Gasteiger charge is -2.36. The molecule has 0 aliphatic carbocycles. The number of nitrogens with zero attached hydrogens (tertiary/aromatic N) is 2. The highest BCUT2D eigenvalue weighted by Crippen LogP contribution is 2.34. The number of carbonyl (C=O) groups excluding carboxylic acids is 1. The molecule has 2 aromatic carbocycles. The van der Waals surface area contributed by atoms with Crippen molar-refractivity contribution in [3.63, 3.8) is 0 Å². The van der Waals surface area contributed by atoms with Crippen molar-refractivity contribution in [2.24, 2.45) is 0 Å². The summed E-state index contributed by atoms with van der Waals surface area (Å²) in [4.78, 5) is 16.3. The van der Waals surface area contributed by atoms with Crippen LogP contribution in [0.15, 0.2) is 42.5 Å². The number of carbonyl (C=O) groups is 1. The molecular formula is C20H22FN3O3. The number of hydrogen-bond acceptors (Lipinski definition) is 5. The zero-order chi connectivity index (χ0) is 18.6. The summed E-state index contributed by atoms with van der Waals surface area (Å²) in [6, 6.07) is 12.4. The van der Waals surface area contributed by atoms with Crippen LogP contribution < -0.4 is 19.7 Å². The van der Waals surface area contributed by atoms with E-state index in [1.165, 1.54) is 6.07 Å². The van der Waals surface area contributed by atoms with Gasteiger partial charge in [-0.1, -0.05) is 12.1 Å². The van der Waals surface area contributed by atoms with Crippen LogP contribution in [0, 0.1) is 5.82 Å². The number of halogens is 1. The number of nitrogens with one attached hydrogen (secondary N) is 1. The van der Waals surface area contributed by atoms with Crippen molar-refractivity contribution >= 4 is 17.3 Å². The number of piperazine rings is 1. The Labute approximate surface area is 157 Å². The maximum atomic E-state index is 13.9. The van der Waals surface area contributed by atoms with Crippen LogP contribution in [-0.2, 0) is 4.79 Å². The molecule has 1 amide bonds. The minimum absolute atomic E-state index is 0.108. The second-order valence-electron chi connectivity index (χ2n) is 6.56. The van der Waals surface area contributed by atoms with Gasteiger partial charge in [0, 0.05) is 50.9 Å². The number of para-hydroxylation sites is 1. The van der Waals surface area contributed by atoms with Crippen molar-refractivity contribution in [2.75, 3.05) is 49.7 Å². The first-order chi connectivity index (χ1) is 13.2. The van der Waals surface area contributed by atoms with E-state index in [1.54, 1.807) is 12.1 Å². The number of fused-ring (bicyclic) bond motifs is 1. The van der Waals surface area contributed by atoms with Crippen LogP contribution in [0.5, 0.6) is 11.5 Å². The van der Waals surface area contributed by atoms with Crippen LogP contribution in [0.2, 0.25) is 0 Å². The molecule has 2 aromatic rings.